The number of anilines is 2. The van der Waals surface area contributed by atoms with Crippen LogP contribution >= 0.6 is 0 Å². The number of nitrogen functional groups attached to an aromatic ring is 1. The second kappa shape index (κ2) is 5.30. The number of benzene rings is 1. The van der Waals surface area contributed by atoms with E-state index in [2.05, 4.69) is 21.8 Å². The standard InChI is InChI=1S/C13H16N4/c1-2-17(13-7-8-15-10-16-13)9-11-3-5-12(14)6-4-11/h3-8,10H,2,9,14H2,1H3. The SMILES string of the molecule is CCN(Cc1ccc(N)cc1)c1ccncn1. The molecule has 2 rings (SSSR count). The molecule has 0 fully saturated rings. The summed E-state index contributed by atoms with van der Waals surface area (Å²) in [7, 11) is 0. The second-order valence-corrected chi connectivity index (χ2v) is 3.82. The molecule has 0 atom stereocenters. The lowest BCUT2D eigenvalue weighted by Gasteiger charge is -2.21. The van der Waals surface area contributed by atoms with Crippen LogP contribution in [0.1, 0.15) is 12.5 Å². The molecule has 0 aliphatic rings. The normalized spacial score (nSPS) is 10.2. The Morgan fingerprint density at radius 1 is 1.18 bits per heavy atom. The average molecular weight is 228 g/mol. The molecule has 0 amide bonds. The fraction of sp³-hybridized carbons (Fsp3) is 0.231. The second-order valence-electron chi connectivity index (χ2n) is 3.82. The highest BCUT2D eigenvalue weighted by Gasteiger charge is 2.05. The van der Waals surface area contributed by atoms with Gasteiger partial charge in [-0.05, 0) is 30.7 Å². The molecule has 0 bridgehead atoms. The van der Waals surface area contributed by atoms with Crippen molar-refractivity contribution in [3.63, 3.8) is 0 Å². The van der Waals surface area contributed by atoms with Crippen molar-refractivity contribution in [2.24, 2.45) is 0 Å². The van der Waals surface area contributed by atoms with E-state index in [1.165, 1.54) is 5.56 Å². The van der Waals surface area contributed by atoms with Crippen LogP contribution in [0, 0.1) is 0 Å². The highest BCUT2D eigenvalue weighted by molar-refractivity contribution is 5.42. The van der Waals surface area contributed by atoms with Crippen LogP contribution in [0.3, 0.4) is 0 Å². The summed E-state index contributed by atoms with van der Waals surface area (Å²) >= 11 is 0. The summed E-state index contributed by atoms with van der Waals surface area (Å²) < 4.78 is 0. The van der Waals surface area contributed by atoms with Crippen LogP contribution in [0.4, 0.5) is 11.5 Å². The van der Waals surface area contributed by atoms with E-state index < -0.39 is 0 Å². The number of aromatic nitrogens is 2. The van der Waals surface area contributed by atoms with Gasteiger partial charge in [0.1, 0.15) is 12.1 Å². The van der Waals surface area contributed by atoms with E-state index in [4.69, 9.17) is 5.73 Å². The zero-order chi connectivity index (χ0) is 12.1. The predicted molar refractivity (Wildman–Crippen MR) is 69.6 cm³/mol. The lowest BCUT2D eigenvalue weighted by molar-refractivity contribution is 0.810. The van der Waals surface area contributed by atoms with E-state index in [1.54, 1.807) is 12.5 Å². The summed E-state index contributed by atoms with van der Waals surface area (Å²) in [6, 6.07) is 9.84. The maximum atomic E-state index is 5.67. The molecule has 1 aromatic heterocycles. The molecule has 0 saturated carbocycles. The Morgan fingerprint density at radius 2 is 1.94 bits per heavy atom. The first kappa shape index (κ1) is 11.4. The molecule has 1 heterocycles. The van der Waals surface area contributed by atoms with Crippen LogP contribution in [0.2, 0.25) is 0 Å². The summed E-state index contributed by atoms with van der Waals surface area (Å²) in [6.45, 7) is 3.84. The third-order valence-corrected chi connectivity index (χ3v) is 2.63. The van der Waals surface area contributed by atoms with Crippen LogP contribution < -0.4 is 10.6 Å². The first-order chi connectivity index (χ1) is 8.29. The predicted octanol–water partition coefficient (Wildman–Crippen LogP) is 2.09. The van der Waals surface area contributed by atoms with Gasteiger partial charge in [0, 0.05) is 25.0 Å². The topological polar surface area (TPSA) is 55.0 Å². The molecule has 0 aliphatic heterocycles. The van der Waals surface area contributed by atoms with Crippen LogP contribution in [0.15, 0.2) is 42.9 Å². The van der Waals surface area contributed by atoms with Gasteiger partial charge in [0.15, 0.2) is 0 Å². The third kappa shape index (κ3) is 2.93. The number of hydrogen-bond acceptors (Lipinski definition) is 4. The Balaban J connectivity index is 2.13. The van der Waals surface area contributed by atoms with Gasteiger partial charge in [-0.2, -0.15) is 0 Å². The van der Waals surface area contributed by atoms with Gasteiger partial charge in [-0.3, -0.25) is 0 Å². The smallest absolute Gasteiger partial charge is 0.132 e. The summed E-state index contributed by atoms with van der Waals surface area (Å²) in [4.78, 5) is 10.4. The average Bonchev–Trinajstić information content (AvgIpc) is 2.39. The van der Waals surface area contributed by atoms with E-state index in [0.29, 0.717) is 0 Å². The number of rotatable bonds is 4. The van der Waals surface area contributed by atoms with Crippen molar-refractivity contribution < 1.29 is 0 Å². The summed E-state index contributed by atoms with van der Waals surface area (Å²) in [5.74, 6) is 0.944. The molecule has 2 N–H and O–H groups in total. The van der Waals surface area contributed by atoms with Crippen LogP contribution in [0.5, 0.6) is 0 Å². The molecule has 4 nitrogen and oxygen atoms in total. The summed E-state index contributed by atoms with van der Waals surface area (Å²) in [5.41, 5.74) is 7.68. The molecule has 17 heavy (non-hydrogen) atoms. The van der Waals surface area contributed by atoms with Crippen LogP contribution in [-0.2, 0) is 6.54 Å². The number of hydrogen-bond donors (Lipinski definition) is 1. The minimum atomic E-state index is 0.791. The summed E-state index contributed by atoms with van der Waals surface area (Å²) in [6.07, 6.45) is 3.33. The molecule has 0 radical (unpaired) electrons. The van der Waals surface area contributed by atoms with Crippen LogP contribution in [0.25, 0.3) is 0 Å². The number of nitrogens with zero attached hydrogens (tertiary/aromatic N) is 3. The quantitative estimate of drug-likeness (QED) is 0.814. The van der Waals surface area contributed by atoms with Gasteiger partial charge in [-0.25, -0.2) is 9.97 Å². The van der Waals surface area contributed by atoms with E-state index in [0.717, 1.165) is 24.6 Å². The maximum absolute atomic E-state index is 5.67. The highest BCUT2D eigenvalue weighted by Crippen LogP contribution is 2.14. The summed E-state index contributed by atoms with van der Waals surface area (Å²) in [5, 5.41) is 0. The molecule has 0 saturated heterocycles. The molecule has 0 unspecified atom stereocenters. The van der Waals surface area contributed by atoms with Crippen molar-refractivity contribution in [3.8, 4) is 0 Å². The molecule has 88 valence electrons. The molecule has 2 aromatic rings. The fourth-order valence-electron chi connectivity index (χ4n) is 1.67. The lowest BCUT2D eigenvalue weighted by atomic mass is 10.2. The Bertz CT molecular complexity index is 453. The van der Waals surface area contributed by atoms with Gasteiger partial charge in [0.25, 0.3) is 0 Å². The van der Waals surface area contributed by atoms with Gasteiger partial charge in [0.2, 0.25) is 0 Å². The molecule has 0 spiro atoms. The molecule has 4 heteroatoms. The van der Waals surface area contributed by atoms with Gasteiger partial charge in [-0.15, -0.1) is 0 Å². The Hall–Kier alpha value is -2.10. The monoisotopic (exact) mass is 228 g/mol. The fourth-order valence-corrected chi connectivity index (χ4v) is 1.67. The Morgan fingerprint density at radius 3 is 2.53 bits per heavy atom. The van der Waals surface area contributed by atoms with Crippen molar-refractivity contribution in [3.05, 3.63) is 48.4 Å². The lowest BCUT2D eigenvalue weighted by Crippen LogP contribution is -2.22. The molecule has 0 aliphatic carbocycles. The first-order valence-corrected chi connectivity index (χ1v) is 5.65. The zero-order valence-electron chi connectivity index (χ0n) is 9.87. The largest absolute Gasteiger partial charge is 0.399 e. The van der Waals surface area contributed by atoms with E-state index in [-0.39, 0.29) is 0 Å². The van der Waals surface area contributed by atoms with Crippen LogP contribution in [-0.4, -0.2) is 16.5 Å². The van der Waals surface area contributed by atoms with Crippen molar-refractivity contribution in [1.82, 2.24) is 9.97 Å². The van der Waals surface area contributed by atoms with E-state index in [9.17, 15) is 0 Å². The van der Waals surface area contributed by atoms with Crippen molar-refractivity contribution in [2.75, 3.05) is 17.2 Å². The van der Waals surface area contributed by atoms with Gasteiger partial charge >= 0.3 is 0 Å². The van der Waals surface area contributed by atoms with Gasteiger partial charge in [-0.1, -0.05) is 12.1 Å². The van der Waals surface area contributed by atoms with Gasteiger partial charge in [0.05, 0.1) is 0 Å². The minimum Gasteiger partial charge on any atom is -0.399 e. The Kier molecular flexibility index (Phi) is 3.55. The van der Waals surface area contributed by atoms with Gasteiger partial charge < -0.3 is 10.6 Å². The molecular formula is C13H16N4. The van der Waals surface area contributed by atoms with Crippen molar-refractivity contribution in [1.29, 1.82) is 0 Å². The zero-order valence-corrected chi connectivity index (χ0v) is 9.87. The van der Waals surface area contributed by atoms with Crippen molar-refractivity contribution in [2.45, 2.75) is 13.5 Å². The molecule has 1 aromatic carbocycles. The molecular weight excluding hydrogens is 212 g/mol. The minimum absolute atomic E-state index is 0.791. The Labute approximate surface area is 101 Å². The maximum Gasteiger partial charge on any atom is 0.132 e. The number of nitrogens with two attached hydrogens (primary N) is 1. The van der Waals surface area contributed by atoms with E-state index in [1.807, 2.05) is 30.3 Å². The van der Waals surface area contributed by atoms with Crippen molar-refractivity contribution >= 4 is 11.5 Å². The highest BCUT2D eigenvalue weighted by atomic mass is 15.2. The third-order valence-electron chi connectivity index (χ3n) is 2.63. The first-order valence-electron chi connectivity index (χ1n) is 5.65. The van der Waals surface area contributed by atoms with E-state index >= 15 is 0 Å².